The van der Waals surface area contributed by atoms with Gasteiger partial charge in [0.2, 0.25) is 0 Å². The van der Waals surface area contributed by atoms with Crippen molar-refractivity contribution in [1.29, 1.82) is 5.41 Å². The van der Waals surface area contributed by atoms with E-state index in [2.05, 4.69) is 44.3 Å². The van der Waals surface area contributed by atoms with Gasteiger partial charge in [-0.25, -0.2) is 4.98 Å². The van der Waals surface area contributed by atoms with Crippen molar-refractivity contribution in [1.82, 2.24) is 20.2 Å². The molecule has 0 spiro atoms. The van der Waals surface area contributed by atoms with Crippen molar-refractivity contribution < 1.29 is 0 Å². The summed E-state index contributed by atoms with van der Waals surface area (Å²) in [5, 5.41) is 19.6. The van der Waals surface area contributed by atoms with Gasteiger partial charge >= 0.3 is 0 Å². The molecule has 144 valence electrons. The molecule has 3 rings (SSSR count). The monoisotopic (exact) mass is 375 g/mol. The van der Waals surface area contributed by atoms with Crippen molar-refractivity contribution in [2.45, 2.75) is 39.0 Å². The fourth-order valence-electron chi connectivity index (χ4n) is 2.90. The molecule has 0 saturated carbocycles. The number of anilines is 2. The number of nitrogens with zero attached hydrogens (tertiary/aromatic N) is 5. The molecule has 0 saturated heterocycles. The summed E-state index contributed by atoms with van der Waals surface area (Å²) in [5.74, 6) is 1.52. The minimum atomic E-state index is -0.182. The molecular weight excluding hydrogens is 350 g/mol. The highest BCUT2D eigenvalue weighted by Gasteiger charge is 2.15. The van der Waals surface area contributed by atoms with Crippen LogP contribution in [0.4, 0.5) is 11.6 Å². The molecule has 7 heteroatoms. The Morgan fingerprint density at radius 3 is 2.68 bits per heavy atom. The Kier molecular flexibility index (Phi) is 6.03. The maximum atomic E-state index is 8.22. The average Bonchev–Trinajstić information content (AvgIpc) is 2.71. The first kappa shape index (κ1) is 19.5. The van der Waals surface area contributed by atoms with Crippen molar-refractivity contribution >= 4 is 34.6 Å². The molecule has 2 N–H and O–H groups in total. The highest BCUT2D eigenvalue weighted by atomic mass is 15.2. The van der Waals surface area contributed by atoms with E-state index in [1.165, 1.54) is 0 Å². The fourth-order valence-corrected chi connectivity index (χ4v) is 2.90. The van der Waals surface area contributed by atoms with E-state index in [0.29, 0.717) is 29.7 Å². The number of aliphatic imine (C=N–C) groups is 1. The highest BCUT2D eigenvalue weighted by molar-refractivity contribution is 6.02. The Balaban J connectivity index is 1.94. The second-order valence-electron chi connectivity index (χ2n) is 6.92. The minimum Gasteiger partial charge on any atom is -0.323 e. The standard InChI is InChI=1S/C21H25N7/c1-5-17(22)16(12-23-4)15-8-19-18(24-10-15)6-7-20(26-19)27-21-9-14(13(2)3)11-25-28-21/h6-13,16,22H,5H2,1-4H3,(H,26,27,28). The van der Waals surface area contributed by atoms with E-state index < -0.39 is 0 Å². The topological polar surface area (TPSA) is 99.8 Å². The van der Waals surface area contributed by atoms with Gasteiger partial charge in [0.25, 0.3) is 0 Å². The van der Waals surface area contributed by atoms with Crippen molar-refractivity contribution in [2.75, 3.05) is 12.4 Å². The summed E-state index contributed by atoms with van der Waals surface area (Å²) in [5.41, 5.74) is 4.18. The quantitative estimate of drug-likeness (QED) is 0.592. The van der Waals surface area contributed by atoms with Crippen molar-refractivity contribution in [2.24, 2.45) is 4.99 Å². The lowest BCUT2D eigenvalue weighted by atomic mass is 9.94. The molecule has 3 heterocycles. The van der Waals surface area contributed by atoms with Crippen LogP contribution in [0.1, 0.15) is 50.2 Å². The van der Waals surface area contributed by atoms with E-state index in [-0.39, 0.29) is 5.92 Å². The molecule has 1 unspecified atom stereocenters. The van der Waals surface area contributed by atoms with Crippen LogP contribution >= 0.6 is 0 Å². The Bertz CT molecular complexity index is 1010. The third-order valence-corrected chi connectivity index (χ3v) is 4.57. The van der Waals surface area contributed by atoms with Crippen LogP contribution in [-0.2, 0) is 0 Å². The number of aromatic nitrogens is 4. The maximum absolute atomic E-state index is 8.22. The number of fused-ring (bicyclic) bond motifs is 1. The highest BCUT2D eigenvalue weighted by Crippen LogP contribution is 2.23. The summed E-state index contributed by atoms with van der Waals surface area (Å²) in [6.45, 7) is 6.21. The molecule has 28 heavy (non-hydrogen) atoms. The zero-order valence-corrected chi connectivity index (χ0v) is 16.6. The summed E-state index contributed by atoms with van der Waals surface area (Å²) in [6, 6.07) is 7.74. The van der Waals surface area contributed by atoms with E-state index in [9.17, 15) is 0 Å². The van der Waals surface area contributed by atoms with Gasteiger partial charge in [-0.3, -0.25) is 9.98 Å². The van der Waals surface area contributed by atoms with E-state index in [4.69, 9.17) is 5.41 Å². The maximum Gasteiger partial charge on any atom is 0.154 e. The fraction of sp³-hybridized carbons (Fsp3) is 0.333. The minimum absolute atomic E-state index is 0.182. The number of pyridine rings is 2. The zero-order chi connectivity index (χ0) is 20.1. The van der Waals surface area contributed by atoms with Crippen LogP contribution in [-0.4, -0.2) is 39.1 Å². The molecule has 1 atom stereocenters. The van der Waals surface area contributed by atoms with Gasteiger partial charge in [0.15, 0.2) is 5.82 Å². The number of hydrogen-bond donors (Lipinski definition) is 2. The van der Waals surface area contributed by atoms with Crippen LogP contribution in [0.2, 0.25) is 0 Å². The predicted molar refractivity (Wildman–Crippen MR) is 114 cm³/mol. The number of rotatable bonds is 7. The van der Waals surface area contributed by atoms with Crippen LogP contribution in [0, 0.1) is 5.41 Å². The molecule has 0 aliphatic rings. The van der Waals surface area contributed by atoms with Crippen LogP contribution in [0.15, 0.2) is 41.7 Å². The van der Waals surface area contributed by atoms with Crippen LogP contribution in [0.3, 0.4) is 0 Å². The van der Waals surface area contributed by atoms with Crippen LogP contribution in [0.5, 0.6) is 0 Å². The molecular formula is C21H25N7. The lowest BCUT2D eigenvalue weighted by molar-refractivity contribution is 0.843. The molecule has 0 bridgehead atoms. The molecule has 7 nitrogen and oxygen atoms in total. The molecule has 0 radical (unpaired) electrons. The van der Waals surface area contributed by atoms with Crippen molar-refractivity contribution in [3.05, 3.63) is 47.8 Å². The van der Waals surface area contributed by atoms with E-state index in [1.54, 1.807) is 25.7 Å². The van der Waals surface area contributed by atoms with Gasteiger partial charge in [0.05, 0.1) is 23.1 Å². The smallest absolute Gasteiger partial charge is 0.154 e. The first-order valence-corrected chi connectivity index (χ1v) is 9.37. The average molecular weight is 375 g/mol. The van der Waals surface area contributed by atoms with Gasteiger partial charge in [-0.1, -0.05) is 20.8 Å². The number of hydrogen-bond acceptors (Lipinski definition) is 7. The largest absolute Gasteiger partial charge is 0.323 e. The third-order valence-electron chi connectivity index (χ3n) is 4.57. The third kappa shape index (κ3) is 4.36. The van der Waals surface area contributed by atoms with Gasteiger partial charge in [-0.2, -0.15) is 5.10 Å². The predicted octanol–water partition coefficient (Wildman–Crippen LogP) is 4.50. The van der Waals surface area contributed by atoms with E-state index in [0.717, 1.165) is 22.2 Å². The summed E-state index contributed by atoms with van der Waals surface area (Å²) >= 11 is 0. The first-order valence-electron chi connectivity index (χ1n) is 9.37. The second-order valence-corrected chi connectivity index (χ2v) is 6.92. The molecule has 0 fully saturated rings. The van der Waals surface area contributed by atoms with Gasteiger partial charge in [-0.05, 0) is 47.7 Å². The lowest BCUT2D eigenvalue weighted by Crippen LogP contribution is -2.12. The molecule has 3 aromatic heterocycles. The summed E-state index contributed by atoms with van der Waals surface area (Å²) in [7, 11) is 1.72. The second kappa shape index (κ2) is 8.65. The van der Waals surface area contributed by atoms with Gasteiger partial charge < -0.3 is 10.7 Å². The van der Waals surface area contributed by atoms with Gasteiger partial charge in [0.1, 0.15) is 5.82 Å². The van der Waals surface area contributed by atoms with E-state index >= 15 is 0 Å². The normalized spacial score (nSPS) is 12.6. The molecule has 0 aromatic carbocycles. The summed E-state index contributed by atoms with van der Waals surface area (Å²) in [6.07, 6.45) is 6.02. The molecule has 0 amide bonds. The van der Waals surface area contributed by atoms with Gasteiger partial charge in [0, 0.05) is 25.2 Å². The zero-order valence-electron chi connectivity index (χ0n) is 16.6. The molecule has 0 aliphatic heterocycles. The van der Waals surface area contributed by atoms with E-state index in [1.807, 2.05) is 31.2 Å². The Labute approximate surface area is 164 Å². The Morgan fingerprint density at radius 1 is 1.14 bits per heavy atom. The first-order chi connectivity index (χ1) is 13.5. The molecule has 3 aromatic rings. The van der Waals surface area contributed by atoms with Crippen molar-refractivity contribution in [3.8, 4) is 0 Å². The van der Waals surface area contributed by atoms with Gasteiger partial charge in [-0.15, -0.1) is 5.10 Å². The lowest BCUT2D eigenvalue weighted by Gasteiger charge is -2.13. The van der Waals surface area contributed by atoms with Crippen LogP contribution in [0.25, 0.3) is 11.0 Å². The Hall–Kier alpha value is -3.22. The van der Waals surface area contributed by atoms with Crippen LogP contribution < -0.4 is 5.32 Å². The Morgan fingerprint density at radius 2 is 1.96 bits per heavy atom. The summed E-state index contributed by atoms with van der Waals surface area (Å²) < 4.78 is 0. The molecule has 0 aliphatic carbocycles. The SMILES string of the molecule is CCC(=N)C(C=NC)c1cnc2ccc(Nc3cc(C(C)C)cnn3)nc2c1. The summed E-state index contributed by atoms with van der Waals surface area (Å²) in [4.78, 5) is 13.3. The number of nitrogens with one attached hydrogen (secondary N) is 2. The van der Waals surface area contributed by atoms with Crippen molar-refractivity contribution in [3.63, 3.8) is 0 Å².